The highest BCUT2D eigenvalue weighted by Gasteiger charge is 2.28. The topological polar surface area (TPSA) is 91.4 Å². The number of halogens is 1. The van der Waals surface area contributed by atoms with Crippen LogP contribution in [0.25, 0.3) is 0 Å². The van der Waals surface area contributed by atoms with Gasteiger partial charge >= 0.3 is 0 Å². The number of nitriles is 1. The molecule has 0 bridgehead atoms. The summed E-state index contributed by atoms with van der Waals surface area (Å²) in [5.41, 5.74) is 6.21. The van der Waals surface area contributed by atoms with E-state index in [1.54, 1.807) is 6.92 Å². The normalized spacial score (nSPS) is 20.5. The number of benzene rings is 1. The van der Waals surface area contributed by atoms with Gasteiger partial charge in [-0.2, -0.15) is 5.26 Å². The number of rotatable bonds is 3. The molecule has 0 aromatic heterocycles. The van der Waals surface area contributed by atoms with Crippen LogP contribution in [0.4, 0.5) is 15.8 Å². The molecule has 2 atom stereocenters. The molecule has 2 unspecified atom stereocenters. The third-order valence-electron chi connectivity index (χ3n) is 3.44. The first-order valence-electron chi connectivity index (χ1n) is 6.62. The van der Waals surface area contributed by atoms with Crippen LogP contribution >= 0.6 is 0 Å². The van der Waals surface area contributed by atoms with Crippen LogP contribution in [-0.2, 0) is 9.53 Å². The van der Waals surface area contributed by atoms with E-state index in [0.717, 1.165) is 6.07 Å². The second-order valence-corrected chi connectivity index (χ2v) is 4.88. The van der Waals surface area contributed by atoms with Crippen molar-refractivity contribution in [3.05, 3.63) is 24.0 Å². The Morgan fingerprint density at radius 3 is 3.10 bits per heavy atom. The van der Waals surface area contributed by atoms with Crippen molar-refractivity contribution in [2.75, 3.05) is 30.7 Å². The van der Waals surface area contributed by atoms with E-state index in [2.05, 4.69) is 5.32 Å². The highest BCUT2D eigenvalue weighted by atomic mass is 19.1. The lowest BCUT2D eigenvalue weighted by Crippen LogP contribution is -2.50. The maximum Gasteiger partial charge on any atom is 0.241 e. The second-order valence-electron chi connectivity index (χ2n) is 4.88. The number of nitrogen functional groups attached to an aromatic ring is 1. The molecule has 1 saturated heterocycles. The van der Waals surface area contributed by atoms with Gasteiger partial charge in [0, 0.05) is 13.1 Å². The lowest BCUT2D eigenvalue weighted by molar-refractivity contribution is -0.123. The third kappa shape index (κ3) is 3.68. The molecule has 112 valence electrons. The van der Waals surface area contributed by atoms with Gasteiger partial charge in [0.2, 0.25) is 5.91 Å². The lowest BCUT2D eigenvalue weighted by atomic mass is 10.2. The molecule has 0 radical (unpaired) electrons. The van der Waals surface area contributed by atoms with Crippen molar-refractivity contribution in [1.29, 1.82) is 5.26 Å². The van der Waals surface area contributed by atoms with Crippen LogP contribution < -0.4 is 11.1 Å². The van der Waals surface area contributed by atoms with E-state index >= 15 is 0 Å². The number of nitrogens with one attached hydrogen (secondary N) is 1. The van der Waals surface area contributed by atoms with Gasteiger partial charge in [-0.15, -0.1) is 0 Å². The van der Waals surface area contributed by atoms with Gasteiger partial charge in [-0.1, -0.05) is 0 Å². The number of nitrogens with zero attached hydrogens (tertiary/aromatic N) is 2. The summed E-state index contributed by atoms with van der Waals surface area (Å²) in [5, 5.41) is 11.5. The predicted molar refractivity (Wildman–Crippen MR) is 75.8 cm³/mol. The van der Waals surface area contributed by atoms with E-state index in [9.17, 15) is 9.18 Å². The van der Waals surface area contributed by atoms with Gasteiger partial charge in [-0.3, -0.25) is 9.69 Å². The SMILES string of the molecule is CC(C(=O)Nc1ccc(F)cc1N)N1CCOC(C#N)C1. The highest BCUT2D eigenvalue weighted by molar-refractivity contribution is 5.97. The predicted octanol–water partition coefficient (Wildman–Crippen LogP) is 0.959. The maximum atomic E-state index is 13.0. The molecular weight excluding hydrogens is 275 g/mol. The summed E-state index contributed by atoms with van der Waals surface area (Å²) in [7, 11) is 0. The number of carbonyl (C=O) groups excluding carboxylic acids is 1. The first kappa shape index (κ1) is 15.2. The number of nitrogens with two attached hydrogens (primary N) is 1. The zero-order valence-electron chi connectivity index (χ0n) is 11.7. The van der Waals surface area contributed by atoms with E-state index < -0.39 is 18.0 Å². The molecule has 0 aliphatic carbocycles. The number of carbonyl (C=O) groups is 1. The molecule has 3 N–H and O–H groups in total. The summed E-state index contributed by atoms with van der Waals surface area (Å²) in [6, 6.07) is 5.41. The van der Waals surface area contributed by atoms with Gasteiger partial charge in [0.25, 0.3) is 0 Å². The molecule has 1 aliphatic heterocycles. The second kappa shape index (κ2) is 6.52. The Morgan fingerprint density at radius 2 is 2.43 bits per heavy atom. The molecule has 1 fully saturated rings. The van der Waals surface area contributed by atoms with E-state index in [4.69, 9.17) is 15.7 Å². The number of morpholine rings is 1. The molecule has 6 nitrogen and oxygen atoms in total. The van der Waals surface area contributed by atoms with Crippen molar-refractivity contribution in [1.82, 2.24) is 4.90 Å². The minimum absolute atomic E-state index is 0.174. The fourth-order valence-electron chi connectivity index (χ4n) is 2.15. The molecule has 1 heterocycles. The summed E-state index contributed by atoms with van der Waals surface area (Å²) in [5.74, 6) is -0.713. The van der Waals surface area contributed by atoms with Gasteiger partial charge in [0.05, 0.1) is 30.1 Å². The van der Waals surface area contributed by atoms with Crippen LogP contribution in [0.5, 0.6) is 0 Å². The largest absolute Gasteiger partial charge is 0.397 e. The average Bonchev–Trinajstić information content (AvgIpc) is 2.49. The Kier molecular flexibility index (Phi) is 4.73. The summed E-state index contributed by atoms with van der Waals surface area (Å²) in [4.78, 5) is 14.1. The molecule has 0 saturated carbocycles. The Labute approximate surface area is 122 Å². The van der Waals surface area contributed by atoms with E-state index in [-0.39, 0.29) is 11.6 Å². The smallest absolute Gasteiger partial charge is 0.241 e. The van der Waals surface area contributed by atoms with Crippen LogP contribution in [0.2, 0.25) is 0 Å². The zero-order chi connectivity index (χ0) is 15.4. The molecule has 1 amide bonds. The Bertz CT molecular complexity index is 573. The van der Waals surface area contributed by atoms with Gasteiger partial charge in [0.1, 0.15) is 5.82 Å². The van der Waals surface area contributed by atoms with Crippen LogP contribution in [0.15, 0.2) is 18.2 Å². The summed E-state index contributed by atoms with van der Waals surface area (Å²) < 4.78 is 18.2. The molecule has 1 aliphatic rings. The number of hydrogen-bond acceptors (Lipinski definition) is 5. The van der Waals surface area contributed by atoms with Crippen molar-refractivity contribution in [3.8, 4) is 6.07 Å². The molecule has 0 spiro atoms. The van der Waals surface area contributed by atoms with Crippen molar-refractivity contribution < 1.29 is 13.9 Å². The maximum absolute atomic E-state index is 13.0. The van der Waals surface area contributed by atoms with Crippen LogP contribution in [0.1, 0.15) is 6.92 Å². The number of amides is 1. The Balaban J connectivity index is 2.01. The molecule has 7 heteroatoms. The van der Waals surface area contributed by atoms with Gasteiger partial charge in [-0.25, -0.2) is 4.39 Å². The number of anilines is 2. The zero-order valence-corrected chi connectivity index (χ0v) is 11.7. The fourth-order valence-corrected chi connectivity index (χ4v) is 2.15. The minimum Gasteiger partial charge on any atom is -0.397 e. The number of ether oxygens (including phenoxy) is 1. The van der Waals surface area contributed by atoms with E-state index in [1.807, 2.05) is 11.0 Å². The first-order valence-corrected chi connectivity index (χ1v) is 6.62. The average molecular weight is 292 g/mol. The van der Waals surface area contributed by atoms with Gasteiger partial charge in [0.15, 0.2) is 6.10 Å². The molecule has 21 heavy (non-hydrogen) atoms. The molecule has 1 aromatic carbocycles. The van der Waals surface area contributed by atoms with Crippen molar-refractivity contribution in [2.24, 2.45) is 0 Å². The fraction of sp³-hybridized carbons (Fsp3) is 0.429. The van der Waals surface area contributed by atoms with Crippen molar-refractivity contribution in [3.63, 3.8) is 0 Å². The molecule has 1 aromatic rings. The highest BCUT2D eigenvalue weighted by Crippen LogP contribution is 2.20. The standard InChI is InChI=1S/C14H17FN4O2/c1-9(19-4-5-21-11(7-16)8-19)14(20)18-13-3-2-10(15)6-12(13)17/h2-3,6,9,11H,4-5,8,17H2,1H3,(H,18,20). The van der Waals surface area contributed by atoms with Crippen LogP contribution in [-0.4, -0.2) is 42.6 Å². The van der Waals surface area contributed by atoms with Crippen LogP contribution in [0, 0.1) is 17.1 Å². The van der Waals surface area contributed by atoms with Gasteiger partial charge < -0.3 is 15.8 Å². The van der Waals surface area contributed by atoms with Crippen molar-refractivity contribution >= 4 is 17.3 Å². The minimum atomic E-state index is -0.523. The number of hydrogen-bond donors (Lipinski definition) is 2. The van der Waals surface area contributed by atoms with Crippen LogP contribution in [0.3, 0.4) is 0 Å². The Morgan fingerprint density at radius 1 is 1.67 bits per heavy atom. The molecule has 2 rings (SSSR count). The van der Waals surface area contributed by atoms with E-state index in [1.165, 1.54) is 12.1 Å². The van der Waals surface area contributed by atoms with E-state index in [0.29, 0.717) is 25.4 Å². The lowest BCUT2D eigenvalue weighted by Gasteiger charge is -2.33. The summed E-state index contributed by atoms with van der Waals surface area (Å²) in [6.07, 6.45) is -0.523. The summed E-state index contributed by atoms with van der Waals surface area (Å²) in [6.45, 7) is 3.11. The quantitative estimate of drug-likeness (QED) is 0.810. The third-order valence-corrected chi connectivity index (χ3v) is 3.44. The Hall–Kier alpha value is -2.17. The molecular formula is C14H17FN4O2. The van der Waals surface area contributed by atoms with Crippen molar-refractivity contribution in [2.45, 2.75) is 19.1 Å². The first-order chi connectivity index (χ1) is 10.0. The monoisotopic (exact) mass is 292 g/mol. The summed E-state index contributed by atoms with van der Waals surface area (Å²) >= 11 is 0. The van der Waals surface area contributed by atoms with Gasteiger partial charge in [-0.05, 0) is 25.1 Å².